The summed E-state index contributed by atoms with van der Waals surface area (Å²) in [4.78, 5) is 23.8. The van der Waals surface area contributed by atoms with E-state index in [-0.39, 0.29) is 18.0 Å². The highest BCUT2D eigenvalue weighted by molar-refractivity contribution is 5.90. The fraction of sp³-hybridized carbons (Fsp3) is 0.450. The number of amides is 1. The van der Waals surface area contributed by atoms with E-state index in [1.165, 1.54) is 38.2 Å². The van der Waals surface area contributed by atoms with Crippen molar-refractivity contribution in [2.75, 3.05) is 11.9 Å². The zero-order valence-corrected chi connectivity index (χ0v) is 15.1. The summed E-state index contributed by atoms with van der Waals surface area (Å²) in [5, 5.41) is 6.84. The third-order valence-electron chi connectivity index (χ3n) is 4.64. The first kappa shape index (κ1) is 18.2. The van der Waals surface area contributed by atoms with E-state index in [1.54, 1.807) is 25.1 Å². The Kier molecular flexibility index (Phi) is 6.04. The molecule has 3 rings (SSSR count). The van der Waals surface area contributed by atoms with Crippen molar-refractivity contribution in [2.45, 2.75) is 45.6 Å². The van der Waals surface area contributed by atoms with E-state index in [4.69, 9.17) is 4.74 Å². The minimum Gasteiger partial charge on any atom is -0.493 e. The van der Waals surface area contributed by atoms with Crippen molar-refractivity contribution in [2.24, 2.45) is 5.92 Å². The molecule has 1 aliphatic carbocycles. The van der Waals surface area contributed by atoms with Crippen LogP contribution in [0.1, 0.15) is 37.8 Å². The average molecular weight is 355 g/mol. The van der Waals surface area contributed by atoms with E-state index in [0.717, 1.165) is 17.0 Å². The van der Waals surface area contributed by atoms with Crippen LogP contribution >= 0.6 is 0 Å². The smallest absolute Gasteiger partial charge is 0.267 e. The number of hydrogen-bond donors (Lipinski definition) is 1. The largest absolute Gasteiger partial charge is 0.493 e. The van der Waals surface area contributed by atoms with Gasteiger partial charge in [0.25, 0.3) is 5.56 Å². The summed E-state index contributed by atoms with van der Waals surface area (Å²) in [5.41, 5.74) is 1.06. The molecule has 1 fully saturated rings. The van der Waals surface area contributed by atoms with Crippen LogP contribution in [0, 0.1) is 12.8 Å². The maximum absolute atomic E-state index is 12.1. The molecule has 1 saturated carbocycles. The lowest BCUT2D eigenvalue weighted by Crippen LogP contribution is -2.29. The van der Waals surface area contributed by atoms with Crippen molar-refractivity contribution >= 4 is 11.6 Å². The van der Waals surface area contributed by atoms with Crippen molar-refractivity contribution in [3.05, 3.63) is 52.4 Å². The molecule has 0 spiro atoms. The van der Waals surface area contributed by atoms with Crippen LogP contribution in [0.5, 0.6) is 5.75 Å². The van der Waals surface area contributed by atoms with Crippen LogP contribution in [0.15, 0.2) is 41.2 Å². The van der Waals surface area contributed by atoms with Crippen LogP contribution < -0.4 is 15.6 Å². The summed E-state index contributed by atoms with van der Waals surface area (Å²) in [6, 6.07) is 10.4. The molecule has 0 aliphatic heterocycles. The lowest BCUT2D eigenvalue weighted by atomic mass is 9.90. The van der Waals surface area contributed by atoms with Crippen molar-refractivity contribution in [1.82, 2.24) is 9.78 Å². The van der Waals surface area contributed by atoms with Crippen LogP contribution in [0.25, 0.3) is 0 Å². The van der Waals surface area contributed by atoms with Crippen molar-refractivity contribution in [1.29, 1.82) is 0 Å². The molecule has 26 heavy (non-hydrogen) atoms. The molecule has 1 aromatic carbocycles. The van der Waals surface area contributed by atoms with E-state index < -0.39 is 0 Å². The van der Waals surface area contributed by atoms with Gasteiger partial charge in [-0.05, 0) is 56.0 Å². The zero-order chi connectivity index (χ0) is 18.4. The summed E-state index contributed by atoms with van der Waals surface area (Å²) < 4.78 is 7.02. The van der Waals surface area contributed by atoms with Gasteiger partial charge in [-0.1, -0.05) is 19.3 Å². The molecule has 0 unspecified atom stereocenters. The number of ether oxygens (including phenoxy) is 1. The third-order valence-corrected chi connectivity index (χ3v) is 4.64. The fourth-order valence-corrected chi connectivity index (χ4v) is 3.20. The van der Waals surface area contributed by atoms with Gasteiger partial charge >= 0.3 is 0 Å². The molecule has 0 radical (unpaired) electrons. The van der Waals surface area contributed by atoms with Crippen LogP contribution in [-0.4, -0.2) is 22.3 Å². The molecule has 2 aromatic rings. The molecule has 6 heteroatoms. The number of anilines is 1. The van der Waals surface area contributed by atoms with Crippen LogP contribution in [0.3, 0.4) is 0 Å². The second-order valence-electron chi connectivity index (χ2n) is 6.86. The third kappa shape index (κ3) is 5.18. The fourth-order valence-electron chi connectivity index (χ4n) is 3.20. The predicted octanol–water partition coefficient (Wildman–Crippen LogP) is 3.15. The molecule has 6 nitrogen and oxygen atoms in total. The standard InChI is InChI=1S/C20H25N3O3/c1-15-7-12-20(25)23(22-15)13-19(24)21-17-8-10-18(11-9-17)26-14-16-5-3-2-4-6-16/h7-12,16H,2-6,13-14H2,1H3,(H,21,24). The van der Waals surface area contributed by atoms with Gasteiger partial charge in [0.2, 0.25) is 5.91 Å². The minimum atomic E-state index is -0.294. The number of hydrogen-bond acceptors (Lipinski definition) is 4. The van der Waals surface area contributed by atoms with E-state index in [0.29, 0.717) is 17.3 Å². The van der Waals surface area contributed by atoms with Crippen molar-refractivity contribution in [3.63, 3.8) is 0 Å². The van der Waals surface area contributed by atoms with Crippen LogP contribution in [0.2, 0.25) is 0 Å². The first-order chi connectivity index (χ1) is 12.6. The SMILES string of the molecule is Cc1ccc(=O)n(CC(=O)Nc2ccc(OCC3CCCCC3)cc2)n1. The summed E-state index contributed by atoms with van der Waals surface area (Å²) in [6.45, 7) is 2.42. The summed E-state index contributed by atoms with van der Waals surface area (Å²) >= 11 is 0. The normalized spacial score (nSPS) is 14.8. The van der Waals surface area contributed by atoms with Gasteiger partial charge in [-0.15, -0.1) is 0 Å². The Balaban J connectivity index is 1.51. The number of aryl methyl sites for hydroxylation is 1. The van der Waals surface area contributed by atoms with Crippen molar-refractivity contribution in [3.8, 4) is 5.75 Å². The van der Waals surface area contributed by atoms with Gasteiger partial charge in [0.05, 0.1) is 12.3 Å². The first-order valence-electron chi connectivity index (χ1n) is 9.17. The van der Waals surface area contributed by atoms with Crippen LogP contribution in [-0.2, 0) is 11.3 Å². The minimum absolute atomic E-state index is 0.111. The Labute approximate surface area is 153 Å². The molecular formula is C20H25N3O3. The summed E-state index contributed by atoms with van der Waals surface area (Å²) in [7, 11) is 0. The van der Waals surface area contributed by atoms with Gasteiger partial charge < -0.3 is 10.1 Å². The molecule has 1 heterocycles. The van der Waals surface area contributed by atoms with Crippen molar-refractivity contribution < 1.29 is 9.53 Å². The number of nitrogens with zero attached hydrogens (tertiary/aromatic N) is 2. The summed E-state index contributed by atoms with van der Waals surface area (Å²) in [5.74, 6) is 1.18. The average Bonchev–Trinajstić information content (AvgIpc) is 2.65. The van der Waals surface area contributed by atoms with Gasteiger partial charge in [0.1, 0.15) is 12.3 Å². The van der Waals surface area contributed by atoms with E-state index in [2.05, 4.69) is 10.4 Å². The van der Waals surface area contributed by atoms with Gasteiger partial charge in [-0.3, -0.25) is 9.59 Å². The molecule has 0 saturated heterocycles. The number of aromatic nitrogens is 2. The maximum atomic E-state index is 12.1. The van der Waals surface area contributed by atoms with Gasteiger partial charge in [0, 0.05) is 11.8 Å². The molecule has 0 bridgehead atoms. The van der Waals surface area contributed by atoms with E-state index in [9.17, 15) is 9.59 Å². The Hall–Kier alpha value is -2.63. The van der Waals surface area contributed by atoms with E-state index >= 15 is 0 Å². The number of nitrogens with one attached hydrogen (secondary N) is 1. The Morgan fingerprint density at radius 3 is 2.62 bits per heavy atom. The molecule has 0 atom stereocenters. The quantitative estimate of drug-likeness (QED) is 0.864. The molecule has 1 amide bonds. The Morgan fingerprint density at radius 1 is 1.15 bits per heavy atom. The highest BCUT2D eigenvalue weighted by atomic mass is 16.5. The van der Waals surface area contributed by atoms with Gasteiger partial charge in [0.15, 0.2) is 0 Å². The highest BCUT2D eigenvalue weighted by Crippen LogP contribution is 2.25. The zero-order valence-electron chi connectivity index (χ0n) is 15.1. The van der Waals surface area contributed by atoms with Gasteiger partial charge in [-0.2, -0.15) is 5.10 Å². The number of carbonyl (C=O) groups is 1. The predicted molar refractivity (Wildman–Crippen MR) is 100 cm³/mol. The summed E-state index contributed by atoms with van der Waals surface area (Å²) in [6.07, 6.45) is 6.45. The molecule has 1 aliphatic rings. The molecular weight excluding hydrogens is 330 g/mol. The molecule has 1 N–H and O–H groups in total. The number of carbonyl (C=O) groups excluding carboxylic acids is 1. The Morgan fingerprint density at radius 2 is 1.88 bits per heavy atom. The lowest BCUT2D eigenvalue weighted by molar-refractivity contribution is -0.117. The number of rotatable bonds is 6. The highest BCUT2D eigenvalue weighted by Gasteiger charge is 2.14. The second-order valence-corrected chi connectivity index (χ2v) is 6.86. The molecule has 138 valence electrons. The lowest BCUT2D eigenvalue weighted by Gasteiger charge is -2.21. The maximum Gasteiger partial charge on any atom is 0.267 e. The topological polar surface area (TPSA) is 73.2 Å². The molecule has 1 aromatic heterocycles. The monoisotopic (exact) mass is 355 g/mol. The second kappa shape index (κ2) is 8.65. The van der Waals surface area contributed by atoms with Gasteiger partial charge in [-0.25, -0.2) is 4.68 Å². The van der Waals surface area contributed by atoms with E-state index in [1.807, 2.05) is 12.1 Å². The van der Waals surface area contributed by atoms with Crippen LogP contribution in [0.4, 0.5) is 5.69 Å². The number of benzene rings is 1. The first-order valence-corrected chi connectivity index (χ1v) is 9.17. The Bertz CT molecular complexity index is 793.